The van der Waals surface area contributed by atoms with Gasteiger partial charge in [-0.1, -0.05) is 34.8 Å². The van der Waals surface area contributed by atoms with Crippen molar-refractivity contribution in [3.05, 3.63) is 35.9 Å². The Morgan fingerprint density at radius 3 is 2.11 bits per heavy atom. The largest absolute Gasteiger partial charge is 0.378 e. The molecular formula is C14H21IO3. The molecule has 0 fully saturated rings. The lowest BCUT2D eigenvalue weighted by molar-refractivity contribution is 0.0135. The molecule has 102 valence electrons. The SMILES string of the molecule is C=ICCOCCOCCOCc1ccccc1. The molecule has 0 radical (unpaired) electrons. The van der Waals surface area contributed by atoms with Crippen LogP contribution in [0.25, 0.3) is 0 Å². The molecule has 0 heterocycles. The van der Waals surface area contributed by atoms with E-state index in [4.69, 9.17) is 14.2 Å². The molecule has 0 bridgehead atoms. The molecule has 0 saturated carbocycles. The lowest BCUT2D eigenvalue weighted by atomic mass is 10.2. The fourth-order valence-electron chi connectivity index (χ4n) is 1.31. The molecule has 0 aliphatic rings. The lowest BCUT2D eigenvalue weighted by Crippen LogP contribution is -2.10. The molecule has 0 aliphatic carbocycles. The van der Waals surface area contributed by atoms with Gasteiger partial charge in [-0.3, -0.25) is 0 Å². The maximum atomic E-state index is 5.50. The summed E-state index contributed by atoms with van der Waals surface area (Å²) in [4.78, 5) is 0. The van der Waals surface area contributed by atoms with Crippen LogP contribution in [0.15, 0.2) is 30.3 Å². The third kappa shape index (κ3) is 8.74. The van der Waals surface area contributed by atoms with Gasteiger partial charge in [0.15, 0.2) is 0 Å². The van der Waals surface area contributed by atoms with Gasteiger partial charge in [-0.2, -0.15) is 0 Å². The number of hydrogen-bond acceptors (Lipinski definition) is 3. The van der Waals surface area contributed by atoms with Crippen molar-refractivity contribution in [3.8, 4) is 0 Å². The molecule has 0 atom stereocenters. The van der Waals surface area contributed by atoms with Crippen molar-refractivity contribution in [2.75, 3.05) is 37.5 Å². The predicted molar refractivity (Wildman–Crippen MR) is 83.7 cm³/mol. The monoisotopic (exact) mass is 364 g/mol. The smallest absolute Gasteiger partial charge is 0.0718 e. The number of rotatable bonds is 11. The van der Waals surface area contributed by atoms with Crippen molar-refractivity contribution in [2.45, 2.75) is 6.61 Å². The number of benzene rings is 1. The van der Waals surface area contributed by atoms with Crippen LogP contribution in [-0.4, -0.2) is 42.0 Å². The molecule has 0 amide bonds. The number of alkyl halides is 1. The minimum absolute atomic E-state index is 0.115. The second-order valence-corrected chi connectivity index (χ2v) is 5.80. The second kappa shape index (κ2) is 11.8. The molecule has 0 spiro atoms. The normalized spacial score (nSPS) is 10.7. The van der Waals surface area contributed by atoms with Gasteiger partial charge in [-0.25, -0.2) is 0 Å². The maximum absolute atomic E-state index is 5.50. The van der Waals surface area contributed by atoms with E-state index in [-0.39, 0.29) is 20.7 Å². The highest BCUT2D eigenvalue weighted by molar-refractivity contribution is 14.2. The first-order valence-electron chi connectivity index (χ1n) is 6.03. The van der Waals surface area contributed by atoms with Gasteiger partial charge in [0, 0.05) is 4.43 Å². The van der Waals surface area contributed by atoms with Crippen LogP contribution in [0.1, 0.15) is 5.56 Å². The summed E-state index contributed by atoms with van der Waals surface area (Å²) in [5.74, 6) is 0. The summed E-state index contributed by atoms with van der Waals surface area (Å²) in [6, 6.07) is 10.1. The van der Waals surface area contributed by atoms with Gasteiger partial charge in [-0.15, -0.1) is 20.7 Å². The third-order valence-electron chi connectivity index (χ3n) is 2.21. The van der Waals surface area contributed by atoms with Crippen molar-refractivity contribution in [1.82, 2.24) is 0 Å². The van der Waals surface area contributed by atoms with Crippen molar-refractivity contribution in [3.63, 3.8) is 0 Å². The Labute approximate surface area is 119 Å². The number of hydrogen-bond donors (Lipinski definition) is 0. The topological polar surface area (TPSA) is 27.7 Å². The van der Waals surface area contributed by atoms with Crippen LogP contribution in [-0.2, 0) is 20.8 Å². The van der Waals surface area contributed by atoms with Crippen molar-refractivity contribution in [1.29, 1.82) is 0 Å². The van der Waals surface area contributed by atoms with Gasteiger partial charge >= 0.3 is 0 Å². The fraction of sp³-hybridized carbons (Fsp3) is 0.500. The van der Waals surface area contributed by atoms with Crippen LogP contribution in [0.3, 0.4) is 0 Å². The van der Waals surface area contributed by atoms with Crippen LogP contribution in [0.4, 0.5) is 0 Å². The summed E-state index contributed by atoms with van der Waals surface area (Å²) in [6.07, 6.45) is 0. The molecule has 1 aromatic rings. The Hall–Kier alpha value is -0.300. The molecule has 0 N–H and O–H groups in total. The number of halogens is 1. The quantitative estimate of drug-likeness (QED) is 0.343. The minimum atomic E-state index is 0.115. The first-order valence-corrected chi connectivity index (χ1v) is 9.08. The van der Waals surface area contributed by atoms with E-state index in [0.717, 1.165) is 11.0 Å². The van der Waals surface area contributed by atoms with E-state index < -0.39 is 0 Å². The van der Waals surface area contributed by atoms with E-state index in [0.29, 0.717) is 33.0 Å². The molecule has 3 nitrogen and oxygen atoms in total. The van der Waals surface area contributed by atoms with Crippen LogP contribution in [0, 0.1) is 0 Å². The zero-order valence-electron chi connectivity index (χ0n) is 10.6. The average Bonchev–Trinajstić information content (AvgIpc) is 2.42. The molecule has 18 heavy (non-hydrogen) atoms. The predicted octanol–water partition coefficient (Wildman–Crippen LogP) is 2.64. The first kappa shape index (κ1) is 15.8. The highest BCUT2D eigenvalue weighted by Gasteiger charge is 1.93. The van der Waals surface area contributed by atoms with Gasteiger partial charge in [-0.05, 0) is 5.56 Å². The summed E-state index contributed by atoms with van der Waals surface area (Å²) >= 11 is 0.115. The van der Waals surface area contributed by atoms with Crippen LogP contribution in [0.2, 0.25) is 0 Å². The standard InChI is InChI=1S/C14H21IO3/c1-15-7-8-16-9-10-17-11-12-18-13-14-5-3-2-4-6-14/h2-6H,1,7-13H2. The highest BCUT2D eigenvalue weighted by atomic mass is 127. The lowest BCUT2D eigenvalue weighted by Gasteiger charge is -2.06. The Bertz CT molecular complexity index is 303. The zero-order chi connectivity index (χ0) is 12.9. The molecule has 0 unspecified atom stereocenters. The third-order valence-corrected chi connectivity index (χ3v) is 3.41. The van der Waals surface area contributed by atoms with Crippen molar-refractivity contribution < 1.29 is 14.2 Å². The van der Waals surface area contributed by atoms with E-state index in [1.165, 1.54) is 5.56 Å². The Balaban J connectivity index is 1.83. The highest BCUT2D eigenvalue weighted by Crippen LogP contribution is 1.99. The molecule has 0 saturated heterocycles. The Kier molecular flexibility index (Phi) is 10.3. The maximum Gasteiger partial charge on any atom is 0.0718 e. The van der Waals surface area contributed by atoms with Gasteiger partial charge in [0.1, 0.15) is 0 Å². The molecule has 1 rings (SSSR count). The molecule has 4 heteroatoms. The van der Waals surface area contributed by atoms with E-state index in [2.05, 4.69) is 16.6 Å². The summed E-state index contributed by atoms with van der Waals surface area (Å²) in [5.41, 5.74) is 1.19. The Morgan fingerprint density at radius 2 is 1.44 bits per heavy atom. The van der Waals surface area contributed by atoms with Gasteiger partial charge in [0.25, 0.3) is 0 Å². The van der Waals surface area contributed by atoms with Crippen molar-refractivity contribution >= 4 is 25.2 Å². The van der Waals surface area contributed by atoms with Gasteiger partial charge in [0.2, 0.25) is 0 Å². The van der Waals surface area contributed by atoms with E-state index in [9.17, 15) is 0 Å². The van der Waals surface area contributed by atoms with Gasteiger partial charge in [0.05, 0.1) is 39.6 Å². The minimum Gasteiger partial charge on any atom is -0.378 e. The number of ether oxygens (including phenoxy) is 3. The second-order valence-electron chi connectivity index (χ2n) is 3.64. The summed E-state index contributed by atoms with van der Waals surface area (Å²) in [7, 11) is 0. The molecule has 1 aromatic carbocycles. The summed E-state index contributed by atoms with van der Waals surface area (Å²) < 4.78 is 21.2. The Morgan fingerprint density at radius 1 is 0.833 bits per heavy atom. The summed E-state index contributed by atoms with van der Waals surface area (Å²) in [5, 5.41) is 0. The zero-order valence-corrected chi connectivity index (χ0v) is 12.8. The fourth-order valence-corrected chi connectivity index (χ4v) is 1.94. The van der Waals surface area contributed by atoms with E-state index in [1.807, 2.05) is 18.2 Å². The summed E-state index contributed by atoms with van der Waals surface area (Å²) in [6.45, 7) is 4.03. The average molecular weight is 364 g/mol. The van der Waals surface area contributed by atoms with E-state index in [1.54, 1.807) is 0 Å². The molecule has 0 aliphatic heterocycles. The van der Waals surface area contributed by atoms with Crippen LogP contribution >= 0.6 is 20.7 Å². The molecule has 0 aromatic heterocycles. The first-order chi connectivity index (χ1) is 8.93. The van der Waals surface area contributed by atoms with Crippen LogP contribution < -0.4 is 0 Å². The van der Waals surface area contributed by atoms with Crippen molar-refractivity contribution in [2.24, 2.45) is 0 Å². The molecular weight excluding hydrogens is 343 g/mol. The van der Waals surface area contributed by atoms with Gasteiger partial charge < -0.3 is 14.2 Å². The van der Waals surface area contributed by atoms with E-state index >= 15 is 0 Å². The van der Waals surface area contributed by atoms with Crippen LogP contribution in [0.5, 0.6) is 0 Å².